The highest BCUT2D eigenvalue weighted by atomic mass is 32.1. The summed E-state index contributed by atoms with van der Waals surface area (Å²) in [6.07, 6.45) is 0. The number of fused-ring (bicyclic) bond motifs is 2. The molecule has 4 rings (SSSR count). The number of hydrogen-bond acceptors (Lipinski definition) is 7. The topological polar surface area (TPSA) is 90.7 Å². The summed E-state index contributed by atoms with van der Waals surface area (Å²) in [7, 11) is 3.11. The molecule has 0 saturated heterocycles. The second-order valence-corrected chi connectivity index (χ2v) is 6.69. The molecular formula is C19H14N2O5S. The van der Waals surface area contributed by atoms with Crippen molar-refractivity contribution in [2.75, 3.05) is 19.5 Å². The van der Waals surface area contributed by atoms with Gasteiger partial charge in [0.2, 0.25) is 0 Å². The Kier molecular flexibility index (Phi) is 4.25. The van der Waals surface area contributed by atoms with Gasteiger partial charge in [-0.1, -0.05) is 11.3 Å². The summed E-state index contributed by atoms with van der Waals surface area (Å²) in [4.78, 5) is 29.1. The number of anilines is 1. The lowest BCUT2D eigenvalue weighted by atomic mass is 10.1. The fourth-order valence-corrected chi connectivity index (χ4v) is 3.52. The van der Waals surface area contributed by atoms with Gasteiger partial charge in [0.1, 0.15) is 22.6 Å². The Morgan fingerprint density at radius 1 is 1.07 bits per heavy atom. The number of carbonyl (C=O) groups is 1. The van der Waals surface area contributed by atoms with Crippen LogP contribution in [0.25, 0.3) is 21.2 Å². The zero-order valence-corrected chi connectivity index (χ0v) is 15.3. The largest absolute Gasteiger partial charge is 0.497 e. The van der Waals surface area contributed by atoms with Gasteiger partial charge in [-0.3, -0.25) is 10.1 Å². The van der Waals surface area contributed by atoms with E-state index >= 15 is 0 Å². The van der Waals surface area contributed by atoms with E-state index in [2.05, 4.69) is 10.3 Å². The molecule has 0 radical (unpaired) electrons. The lowest BCUT2D eigenvalue weighted by Gasteiger charge is -2.04. The highest BCUT2D eigenvalue weighted by molar-refractivity contribution is 7.22. The van der Waals surface area contributed by atoms with Crippen molar-refractivity contribution >= 4 is 43.6 Å². The summed E-state index contributed by atoms with van der Waals surface area (Å²) in [5, 5.41) is 3.66. The first-order chi connectivity index (χ1) is 13.1. The van der Waals surface area contributed by atoms with Crippen molar-refractivity contribution < 1.29 is 18.7 Å². The van der Waals surface area contributed by atoms with Crippen molar-refractivity contribution in [3.05, 3.63) is 58.4 Å². The molecule has 0 aliphatic carbocycles. The molecule has 27 heavy (non-hydrogen) atoms. The summed E-state index contributed by atoms with van der Waals surface area (Å²) < 4.78 is 16.4. The number of aromatic nitrogens is 1. The normalized spacial score (nSPS) is 10.9. The van der Waals surface area contributed by atoms with Crippen molar-refractivity contribution in [2.45, 2.75) is 0 Å². The maximum atomic E-state index is 12.5. The molecule has 0 bridgehead atoms. The van der Waals surface area contributed by atoms with E-state index in [4.69, 9.17) is 13.9 Å². The Morgan fingerprint density at radius 2 is 1.81 bits per heavy atom. The zero-order chi connectivity index (χ0) is 19.0. The van der Waals surface area contributed by atoms with Gasteiger partial charge in [-0.15, -0.1) is 0 Å². The number of amides is 1. The first-order valence-electron chi connectivity index (χ1n) is 7.95. The number of thiazole rings is 1. The zero-order valence-electron chi connectivity index (χ0n) is 14.4. The van der Waals surface area contributed by atoms with Gasteiger partial charge in [0.05, 0.1) is 24.4 Å². The molecule has 8 heteroatoms. The summed E-state index contributed by atoms with van der Waals surface area (Å²) in [6, 6.07) is 12.0. The molecule has 2 aromatic carbocycles. The molecule has 0 spiro atoms. The first-order valence-corrected chi connectivity index (χ1v) is 8.77. The van der Waals surface area contributed by atoms with E-state index in [1.165, 1.54) is 24.5 Å². The molecule has 0 fully saturated rings. The van der Waals surface area contributed by atoms with Gasteiger partial charge in [-0.2, -0.15) is 0 Å². The highest BCUT2D eigenvalue weighted by Crippen LogP contribution is 2.29. The molecule has 0 aliphatic heterocycles. The number of rotatable bonds is 4. The van der Waals surface area contributed by atoms with Crippen LogP contribution in [0, 0.1) is 0 Å². The monoisotopic (exact) mass is 382 g/mol. The van der Waals surface area contributed by atoms with E-state index in [1.807, 2.05) is 6.07 Å². The van der Waals surface area contributed by atoms with Crippen LogP contribution in [-0.4, -0.2) is 25.1 Å². The summed E-state index contributed by atoms with van der Waals surface area (Å²) >= 11 is 1.29. The molecule has 0 atom stereocenters. The van der Waals surface area contributed by atoms with E-state index in [0.717, 1.165) is 10.2 Å². The Hall–Kier alpha value is -3.39. The average molecular weight is 382 g/mol. The summed E-state index contributed by atoms with van der Waals surface area (Å²) in [5.41, 5.74) is 0.261. The van der Waals surface area contributed by atoms with E-state index in [9.17, 15) is 9.59 Å². The number of nitrogens with zero attached hydrogens (tertiary/aromatic N) is 1. The van der Waals surface area contributed by atoms with Gasteiger partial charge in [0.25, 0.3) is 5.91 Å². The van der Waals surface area contributed by atoms with Crippen LogP contribution in [0.5, 0.6) is 11.5 Å². The van der Waals surface area contributed by atoms with E-state index in [0.29, 0.717) is 27.6 Å². The minimum absolute atomic E-state index is 0.0931. The number of methoxy groups -OCH3 is 2. The van der Waals surface area contributed by atoms with Crippen LogP contribution in [0.1, 0.15) is 10.4 Å². The predicted molar refractivity (Wildman–Crippen MR) is 103 cm³/mol. The third-order valence-electron chi connectivity index (χ3n) is 4.00. The van der Waals surface area contributed by atoms with E-state index < -0.39 is 11.5 Å². The predicted octanol–water partition coefficient (Wildman–Crippen LogP) is 3.67. The van der Waals surface area contributed by atoms with Gasteiger partial charge in [-0.05, 0) is 36.4 Å². The molecule has 1 amide bonds. The van der Waals surface area contributed by atoms with Crippen LogP contribution < -0.4 is 20.4 Å². The first kappa shape index (κ1) is 17.0. The number of nitrogens with one attached hydrogen (secondary N) is 1. The van der Waals surface area contributed by atoms with Crippen molar-refractivity contribution in [3.63, 3.8) is 0 Å². The Bertz CT molecular complexity index is 1230. The van der Waals surface area contributed by atoms with Crippen LogP contribution in [-0.2, 0) is 0 Å². The fraction of sp³-hybridized carbons (Fsp3) is 0.105. The molecule has 0 unspecified atom stereocenters. The minimum Gasteiger partial charge on any atom is -0.497 e. The average Bonchev–Trinajstić information content (AvgIpc) is 3.07. The number of benzene rings is 2. The Labute approximate surface area is 157 Å². The highest BCUT2D eigenvalue weighted by Gasteiger charge is 2.16. The lowest BCUT2D eigenvalue weighted by molar-refractivity contribution is 0.102. The third-order valence-corrected chi connectivity index (χ3v) is 4.94. The van der Waals surface area contributed by atoms with Crippen LogP contribution in [0.4, 0.5) is 5.13 Å². The Balaban J connectivity index is 1.66. The summed E-state index contributed by atoms with van der Waals surface area (Å²) in [5.74, 6) is 0.690. The van der Waals surface area contributed by atoms with Crippen molar-refractivity contribution in [1.82, 2.24) is 4.98 Å². The number of hydrogen-bond donors (Lipinski definition) is 1. The van der Waals surface area contributed by atoms with Crippen LogP contribution >= 0.6 is 11.3 Å². The minimum atomic E-state index is -0.726. The van der Waals surface area contributed by atoms with Crippen LogP contribution in [0.3, 0.4) is 0 Å². The maximum absolute atomic E-state index is 12.5. The number of carbonyl (C=O) groups excluding carboxylic acids is 1. The molecule has 136 valence electrons. The van der Waals surface area contributed by atoms with E-state index in [1.54, 1.807) is 37.4 Å². The molecule has 0 aliphatic rings. The van der Waals surface area contributed by atoms with Crippen LogP contribution in [0.15, 0.2) is 51.7 Å². The SMILES string of the molecule is COc1ccc2cc(C(=O)Nc3nc4ccc(OC)cc4s3)c(=O)oc2c1. The Morgan fingerprint density at radius 3 is 2.59 bits per heavy atom. The van der Waals surface area contributed by atoms with Gasteiger partial charge < -0.3 is 13.9 Å². The van der Waals surface area contributed by atoms with Crippen molar-refractivity contribution in [3.8, 4) is 11.5 Å². The van der Waals surface area contributed by atoms with Gasteiger partial charge in [0.15, 0.2) is 5.13 Å². The molecular weight excluding hydrogens is 368 g/mol. The molecule has 2 aromatic heterocycles. The third kappa shape index (κ3) is 3.22. The second-order valence-electron chi connectivity index (χ2n) is 5.66. The maximum Gasteiger partial charge on any atom is 0.349 e. The fourth-order valence-electron chi connectivity index (χ4n) is 2.63. The van der Waals surface area contributed by atoms with Crippen molar-refractivity contribution in [2.24, 2.45) is 0 Å². The van der Waals surface area contributed by atoms with Gasteiger partial charge >= 0.3 is 5.63 Å². The van der Waals surface area contributed by atoms with Gasteiger partial charge in [-0.25, -0.2) is 9.78 Å². The molecule has 4 aromatic rings. The molecule has 1 N–H and O–H groups in total. The second kappa shape index (κ2) is 6.73. The summed E-state index contributed by atoms with van der Waals surface area (Å²) in [6.45, 7) is 0. The lowest BCUT2D eigenvalue weighted by Crippen LogP contribution is -2.20. The number of ether oxygens (including phenoxy) is 2. The van der Waals surface area contributed by atoms with Gasteiger partial charge in [0, 0.05) is 11.5 Å². The van der Waals surface area contributed by atoms with Crippen molar-refractivity contribution in [1.29, 1.82) is 0 Å². The standard InChI is InChI=1S/C19H14N2O5S/c1-24-11-4-3-10-7-13(18(23)26-15(10)8-11)17(22)21-19-20-14-6-5-12(25-2)9-16(14)27-19/h3-9H,1-2H3,(H,20,21,22). The molecule has 7 nitrogen and oxygen atoms in total. The smallest absolute Gasteiger partial charge is 0.349 e. The van der Waals surface area contributed by atoms with E-state index in [-0.39, 0.29) is 5.56 Å². The molecule has 2 heterocycles. The molecule has 0 saturated carbocycles. The quantitative estimate of drug-likeness (QED) is 0.542. The van der Waals surface area contributed by atoms with Crippen LogP contribution in [0.2, 0.25) is 0 Å².